The number of nitrogens with two attached hydrogens (primary N) is 1. The van der Waals surface area contributed by atoms with E-state index in [9.17, 15) is 0 Å². The summed E-state index contributed by atoms with van der Waals surface area (Å²) in [6, 6.07) is 1.90. The third-order valence-electron chi connectivity index (χ3n) is 3.15. The predicted octanol–water partition coefficient (Wildman–Crippen LogP) is 3.10. The van der Waals surface area contributed by atoms with Crippen LogP contribution in [-0.2, 0) is 0 Å². The van der Waals surface area contributed by atoms with Crippen LogP contribution in [0.25, 0.3) is 0 Å². The molecular formula is C13H14N4S2. The van der Waals surface area contributed by atoms with Crippen molar-refractivity contribution in [2.75, 3.05) is 5.32 Å². The number of pyridine rings is 1. The average molecular weight is 290 g/mol. The highest BCUT2D eigenvalue weighted by Gasteiger charge is 2.26. The molecule has 3 rings (SSSR count). The molecule has 0 saturated heterocycles. The Labute approximate surface area is 121 Å². The zero-order valence-corrected chi connectivity index (χ0v) is 12.1. The van der Waals surface area contributed by atoms with E-state index < -0.39 is 0 Å². The van der Waals surface area contributed by atoms with Gasteiger partial charge in [0.15, 0.2) is 5.13 Å². The molecule has 4 nitrogen and oxygen atoms in total. The Bertz CT molecular complexity index is 631. The van der Waals surface area contributed by atoms with E-state index in [4.69, 9.17) is 18.0 Å². The molecule has 3 N–H and O–H groups in total. The Morgan fingerprint density at radius 2 is 2.32 bits per heavy atom. The molecule has 2 heterocycles. The number of nitrogens with zero attached hydrogens (tertiary/aromatic N) is 2. The summed E-state index contributed by atoms with van der Waals surface area (Å²) in [5.74, 6) is 1.34. The highest BCUT2D eigenvalue weighted by Crippen LogP contribution is 2.41. The van der Waals surface area contributed by atoms with Crippen LogP contribution in [-0.4, -0.2) is 15.0 Å². The molecular weight excluding hydrogens is 276 g/mol. The van der Waals surface area contributed by atoms with E-state index in [1.807, 2.05) is 13.0 Å². The van der Waals surface area contributed by atoms with Crippen LogP contribution < -0.4 is 11.1 Å². The fourth-order valence-corrected chi connectivity index (χ4v) is 3.02. The number of hydrogen-bond acceptors (Lipinski definition) is 5. The summed E-state index contributed by atoms with van der Waals surface area (Å²) < 4.78 is 0. The van der Waals surface area contributed by atoms with Crippen LogP contribution in [0.4, 0.5) is 10.9 Å². The highest BCUT2D eigenvalue weighted by molar-refractivity contribution is 7.80. The Kier molecular flexibility index (Phi) is 3.20. The van der Waals surface area contributed by atoms with Crippen LogP contribution in [0, 0.1) is 6.92 Å². The second-order valence-electron chi connectivity index (χ2n) is 4.69. The summed E-state index contributed by atoms with van der Waals surface area (Å²) in [4.78, 5) is 9.25. The number of anilines is 2. The zero-order valence-electron chi connectivity index (χ0n) is 10.5. The Hall–Kier alpha value is -1.53. The van der Waals surface area contributed by atoms with E-state index in [1.54, 1.807) is 17.5 Å². The maximum atomic E-state index is 5.77. The van der Waals surface area contributed by atoms with Crippen molar-refractivity contribution in [1.82, 2.24) is 9.97 Å². The van der Waals surface area contributed by atoms with Gasteiger partial charge in [0.05, 0.1) is 11.3 Å². The molecule has 2 aromatic rings. The van der Waals surface area contributed by atoms with Gasteiger partial charge in [0, 0.05) is 17.5 Å². The van der Waals surface area contributed by atoms with Gasteiger partial charge in [-0.2, -0.15) is 0 Å². The van der Waals surface area contributed by atoms with Crippen molar-refractivity contribution >= 4 is 39.5 Å². The number of thiazole rings is 1. The van der Waals surface area contributed by atoms with Gasteiger partial charge in [-0.25, -0.2) is 9.97 Å². The summed E-state index contributed by atoms with van der Waals surface area (Å²) in [5.41, 5.74) is 8.75. The van der Waals surface area contributed by atoms with Crippen LogP contribution in [0.15, 0.2) is 17.6 Å². The lowest BCUT2D eigenvalue weighted by Gasteiger charge is -2.10. The average Bonchev–Trinajstić information content (AvgIpc) is 3.10. The molecule has 19 heavy (non-hydrogen) atoms. The second kappa shape index (κ2) is 4.86. The molecule has 6 heteroatoms. The molecule has 98 valence electrons. The van der Waals surface area contributed by atoms with Crippen LogP contribution >= 0.6 is 23.6 Å². The normalized spacial score (nSPS) is 14.4. The standard InChI is InChI=1S/C13H14N4S2/c1-7-4-5-15-12(10(7)11(14)18)17-13-16-9(6-19-13)8-2-3-8/h4-6,8H,2-3H2,1H3,(H2,14,18)(H,15,16,17). The lowest BCUT2D eigenvalue weighted by atomic mass is 10.1. The number of nitrogens with one attached hydrogen (secondary N) is 1. The first-order chi connectivity index (χ1) is 9.15. The topological polar surface area (TPSA) is 63.8 Å². The summed E-state index contributed by atoms with van der Waals surface area (Å²) in [6.45, 7) is 1.97. The van der Waals surface area contributed by atoms with Crippen LogP contribution in [0.3, 0.4) is 0 Å². The van der Waals surface area contributed by atoms with Crippen molar-refractivity contribution in [3.8, 4) is 0 Å². The quantitative estimate of drug-likeness (QED) is 0.847. The first-order valence-corrected chi connectivity index (χ1v) is 7.42. The van der Waals surface area contributed by atoms with Gasteiger partial charge in [-0.15, -0.1) is 11.3 Å². The van der Waals surface area contributed by atoms with Crippen molar-refractivity contribution in [3.63, 3.8) is 0 Å². The number of rotatable bonds is 4. The largest absolute Gasteiger partial charge is 0.389 e. The first-order valence-electron chi connectivity index (χ1n) is 6.13. The van der Waals surface area contributed by atoms with E-state index >= 15 is 0 Å². The first kappa shape index (κ1) is 12.5. The lowest BCUT2D eigenvalue weighted by molar-refractivity contribution is 1.05. The third kappa shape index (κ3) is 2.59. The molecule has 0 radical (unpaired) electrons. The lowest BCUT2D eigenvalue weighted by Crippen LogP contribution is -2.14. The van der Waals surface area contributed by atoms with Gasteiger partial charge >= 0.3 is 0 Å². The maximum Gasteiger partial charge on any atom is 0.188 e. The minimum Gasteiger partial charge on any atom is -0.389 e. The summed E-state index contributed by atoms with van der Waals surface area (Å²) in [6.07, 6.45) is 4.25. The second-order valence-corrected chi connectivity index (χ2v) is 5.99. The summed E-state index contributed by atoms with van der Waals surface area (Å²) in [5, 5.41) is 6.18. The molecule has 2 aromatic heterocycles. The Morgan fingerprint density at radius 1 is 1.53 bits per heavy atom. The smallest absolute Gasteiger partial charge is 0.188 e. The molecule has 1 aliphatic rings. The van der Waals surface area contributed by atoms with Crippen LogP contribution in [0.2, 0.25) is 0 Å². The van der Waals surface area contributed by atoms with Gasteiger partial charge in [-0.1, -0.05) is 12.2 Å². The van der Waals surface area contributed by atoms with Gasteiger partial charge in [0.2, 0.25) is 0 Å². The monoisotopic (exact) mass is 290 g/mol. The number of thiocarbonyl (C=S) groups is 1. The summed E-state index contributed by atoms with van der Waals surface area (Å²) >= 11 is 6.68. The molecule has 0 spiro atoms. The summed E-state index contributed by atoms with van der Waals surface area (Å²) in [7, 11) is 0. The molecule has 1 fully saturated rings. The van der Waals surface area contributed by atoms with Crippen molar-refractivity contribution in [2.24, 2.45) is 5.73 Å². The van der Waals surface area contributed by atoms with E-state index in [-0.39, 0.29) is 0 Å². The third-order valence-corrected chi connectivity index (χ3v) is 4.13. The Morgan fingerprint density at radius 3 is 3.00 bits per heavy atom. The van der Waals surface area contributed by atoms with Gasteiger partial charge in [0.25, 0.3) is 0 Å². The van der Waals surface area contributed by atoms with Crippen molar-refractivity contribution < 1.29 is 0 Å². The molecule has 0 bridgehead atoms. The maximum absolute atomic E-state index is 5.77. The van der Waals surface area contributed by atoms with Gasteiger partial charge in [-0.3, -0.25) is 0 Å². The fourth-order valence-electron chi connectivity index (χ4n) is 1.98. The number of aromatic nitrogens is 2. The molecule has 1 aliphatic carbocycles. The van der Waals surface area contributed by atoms with Crippen LogP contribution in [0.5, 0.6) is 0 Å². The molecule has 0 aromatic carbocycles. The van der Waals surface area contributed by atoms with E-state index in [0.717, 1.165) is 16.3 Å². The fraction of sp³-hybridized carbons (Fsp3) is 0.308. The molecule has 0 atom stereocenters. The van der Waals surface area contributed by atoms with Crippen molar-refractivity contribution in [3.05, 3.63) is 34.5 Å². The van der Waals surface area contributed by atoms with Crippen molar-refractivity contribution in [2.45, 2.75) is 25.7 Å². The van der Waals surface area contributed by atoms with E-state index in [0.29, 0.717) is 16.7 Å². The number of aryl methyl sites for hydroxylation is 1. The van der Waals surface area contributed by atoms with Gasteiger partial charge in [0.1, 0.15) is 10.8 Å². The SMILES string of the molecule is Cc1ccnc(Nc2nc(C3CC3)cs2)c1C(N)=S. The molecule has 0 amide bonds. The number of hydrogen-bond donors (Lipinski definition) is 2. The minimum atomic E-state index is 0.354. The minimum absolute atomic E-state index is 0.354. The van der Waals surface area contributed by atoms with E-state index in [1.165, 1.54) is 18.5 Å². The van der Waals surface area contributed by atoms with E-state index in [2.05, 4.69) is 20.7 Å². The van der Waals surface area contributed by atoms with Gasteiger partial charge in [-0.05, 0) is 31.4 Å². The molecule has 0 unspecified atom stereocenters. The van der Waals surface area contributed by atoms with Crippen molar-refractivity contribution in [1.29, 1.82) is 0 Å². The molecule has 1 saturated carbocycles. The van der Waals surface area contributed by atoms with Gasteiger partial charge < -0.3 is 11.1 Å². The predicted molar refractivity (Wildman–Crippen MR) is 82.2 cm³/mol. The highest BCUT2D eigenvalue weighted by atomic mass is 32.1. The zero-order chi connectivity index (χ0) is 13.4. The van der Waals surface area contributed by atoms with Crippen LogP contribution in [0.1, 0.15) is 35.6 Å². The molecule has 0 aliphatic heterocycles. The Balaban J connectivity index is 1.89.